The molecule has 0 aromatic carbocycles. The second-order valence-corrected chi connectivity index (χ2v) is 7.70. The van der Waals surface area contributed by atoms with Crippen LogP contribution in [0.3, 0.4) is 0 Å². The van der Waals surface area contributed by atoms with E-state index in [2.05, 4.69) is 25.8 Å². The van der Waals surface area contributed by atoms with Crippen LogP contribution in [0.1, 0.15) is 31.3 Å². The van der Waals surface area contributed by atoms with Crippen LogP contribution in [0.2, 0.25) is 0 Å². The van der Waals surface area contributed by atoms with E-state index in [1.165, 1.54) is 0 Å². The van der Waals surface area contributed by atoms with Gasteiger partial charge < -0.3 is 4.90 Å². The monoisotopic (exact) mass is 316 g/mol. The van der Waals surface area contributed by atoms with E-state index in [1.807, 2.05) is 53.9 Å². The summed E-state index contributed by atoms with van der Waals surface area (Å²) in [6.07, 6.45) is 3.06. The lowest BCUT2D eigenvalue weighted by Gasteiger charge is -2.38. The Hall–Kier alpha value is -1.68. The fraction of sp³-hybridized carbons (Fsp3) is 0.444. The molecule has 2 rings (SSSR count). The van der Waals surface area contributed by atoms with Gasteiger partial charge in [-0.1, -0.05) is 32.9 Å². The Labute approximate surface area is 137 Å². The highest BCUT2D eigenvalue weighted by atomic mass is 32.1. The fourth-order valence-electron chi connectivity index (χ4n) is 2.60. The van der Waals surface area contributed by atoms with Crippen molar-refractivity contribution >= 4 is 17.2 Å². The first-order valence-corrected chi connectivity index (χ1v) is 8.44. The van der Waals surface area contributed by atoms with Crippen LogP contribution in [0.5, 0.6) is 0 Å². The zero-order chi connectivity index (χ0) is 16.2. The molecule has 0 radical (unpaired) electrons. The minimum absolute atomic E-state index is 0.00260. The highest BCUT2D eigenvalue weighted by Crippen LogP contribution is 2.27. The summed E-state index contributed by atoms with van der Waals surface area (Å²) in [5, 5.41) is 2.01. The Balaban J connectivity index is 2.12. The Bertz CT molecular complexity index is 587. The van der Waals surface area contributed by atoms with E-state index in [0.717, 1.165) is 17.0 Å². The topological polar surface area (TPSA) is 33.2 Å². The first-order chi connectivity index (χ1) is 10.4. The van der Waals surface area contributed by atoms with Crippen LogP contribution in [0.4, 0.5) is 0 Å². The molecule has 1 atom stereocenters. The van der Waals surface area contributed by atoms with Crippen molar-refractivity contribution in [3.63, 3.8) is 0 Å². The summed E-state index contributed by atoms with van der Waals surface area (Å²) in [5.74, 6) is 0.165. The van der Waals surface area contributed by atoms with Crippen LogP contribution < -0.4 is 0 Å². The Morgan fingerprint density at radius 2 is 2.05 bits per heavy atom. The zero-order valence-electron chi connectivity index (χ0n) is 13.7. The molecule has 0 aliphatic rings. The number of carbonyl (C=O) groups is 1. The third-order valence-electron chi connectivity index (χ3n) is 3.89. The van der Waals surface area contributed by atoms with Gasteiger partial charge in [-0.05, 0) is 29.0 Å². The van der Waals surface area contributed by atoms with Gasteiger partial charge >= 0.3 is 0 Å². The smallest absolute Gasteiger partial charge is 0.227 e. The van der Waals surface area contributed by atoms with Crippen LogP contribution in [0, 0.1) is 5.41 Å². The minimum Gasteiger partial charge on any atom is -0.342 e. The summed E-state index contributed by atoms with van der Waals surface area (Å²) in [6.45, 7) is 6.53. The highest BCUT2D eigenvalue weighted by Gasteiger charge is 2.31. The molecule has 0 spiro atoms. The van der Waals surface area contributed by atoms with Gasteiger partial charge in [0.1, 0.15) is 0 Å². The van der Waals surface area contributed by atoms with Crippen molar-refractivity contribution in [2.24, 2.45) is 5.41 Å². The summed E-state index contributed by atoms with van der Waals surface area (Å²) in [7, 11) is 1.91. The minimum atomic E-state index is -0.00260. The van der Waals surface area contributed by atoms with Crippen molar-refractivity contribution in [3.05, 3.63) is 52.5 Å². The number of aromatic nitrogens is 1. The van der Waals surface area contributed by atoms with Gasteiger partial charge in [0, 0.05) is 36.3 Å². The molecule has 0 saturated heterocycles. The normalized spacial score (nSPS) is 12.9. The summed E-state index contributed by atoms with van der Waals surface area (Å²) >= 11 is 1.63. The lowest BCUT2D eigenvalue weighted by atomic mass is 9.83. The van der Waals surface area contributed by atoms with E-state index in [4.69, 9.17) is 0 Å². The van der Waals surface area contributed by atoms with Gasteiger partial charge in [0.2, 0.25) is 5.91 Å². The van der Waals surface area contributed by atoms with Crippen molar-refractivity contribution in [3.8, 4) is 0 Å². The fourth-order valence-corrected chi connectivity index (χ4v) is 3.30. The van der Waals surface area contributed by atoms with Gasteiger partial charge in [0.15, 0.2) is 0 Å². The molecule has 0 aliphatic heterocycles. The van der Waals surface area contributed by atoms with E-state index < -0.39 is 0 Å². The van der Waals surface area contributed by atoms with Crippen LogP contribution >= 0.6 is 11.3 Å². The van der Waals surface area contributed by atoms with Crippen molar-refractivity contribution in [1.29, 1.82) is 0 Å². The largest absolute Gasteiger partial charge is 0.342 e. The zero-order valence-corrected chi connectivity index (χ0v) is 14.6. The Morgan fingerprint density at radius 3 is 2.59 bits per heavy atom. The maximum atomic E-state index is 12.6. The van der Waals surface area contributed by atoms with E-state index in [0.29, 0.717) is 6.42 Å². The number of likely N-dealkylation sites (N-methyl/N-ethyl adjacent to an activating group) is 1. The molecule has 1 amide bonds. The number of amides is 1. The molecule has 0 saturated carbocycles. The Kier molecular flexibility index (Phi) is 5.35. The number of thiophene rings is 1. The maximum Gasteiger partial charge on any atom is 0.227 e. The first-order valence-electron chi connectivity index (χ1n) is 7.56. The third kappa shape index (κ3) is 4.41. The number of carbonyl (C=O) groups excluding carboxylic acids is 1. The van der Waals surface area contributed by atoms with Crippen LogP contribution in [0.15, 0.2) is 41.9 Å². The quantitative estimate of drug-likeness (QED) is 0.840. The number of hydrogen-bond acceptors (Lipinski definition) is 3. The van der Waals surface area contributed by atoms with E-state index >= 15 is 0 Å². The lowest BCUT2D eigenvalue weighted by molar-refractivity contribution is -0.133. The Morgan fingerprint density at radius 1 is 1.27 bits per heavy atom. The predicted molar refractivity (Wildman–Crippen MR) is 92.0 cm³/mol. The summed E-state index contributed by atoms with van der Waals surface area (Å²) in [5.41, 5.74) is 1.02. The number of rotatable bonds is 5. The van der Waals surface area contributed by atoms with Gasteiger partial charge in [0.25, 0.3) is 0 Å². The van der Waals surface area contributed by atoms with Crippen molar-refractivity contribution in [2.75, 3.05) is 7.05 Å². The number of pyridine rings is 1. The molecule has 0 aliphatic carbocycles. The average molecular weight is 316 g/mol. The molecule has 4 heteroatoms. The van der Waals surface area contributed by atoms with Crippen LogP contribution in [-0.2, 0) is 17.6 Å². The lowest BCUT2D eigenvalue weighted by Crippen LogP contribution is -2.47. The van der Waals surface area contributed by atoms with Gasteiger partial charge in [-0.25, -0.2) is 0 Å². The first kappa shape index (κ1) is 16.7. The predicted octanol–water partition coefficient (Wildman–Crippen LogP) is 3.80. The molecule has 2 heterocycles. The molecule has 0 bridgehead atoms. The molecule has 2 aromatic rings. The SMILES string of the molecule is CN(C(=O)Cc1cccs1)[C@H](Cc1ccccn1)C(C)(C)C. The molecular weight excluding hydrogens is 292 g/mol. The second kappa shape index (κ2) is 7.05. The maximum absolute atomic E-state index is 12.6. The van der Waals surface area contributed by atoms with Crippen LogP contribution in [-0.4, -0.2) is 28.9 Å². The molecule has 118 valence electrons. The molecule has 22 heavy (non-hydrogen) atoms. The summed E-state index contributed by atoms with van der Waals surface area (Å²) in [4.78, 5) is 20.0. The molecule has 0 fully saturated rings. The van der Waals surface area contributed by atoms with Gasteiger partial charge in [-0.15, -0.1) is 11.3 Å². The molecule has 2 aromatic heterocycles. The standard InChI is InChI=1S/C18H24N2OS/c1-18(2,3)16(12-14-8-5-6-10-19-14)20(4)17(21)13-15-9-7-11-22-15/h5-11,16H,12-13H2,1-4H3/t16-/m1/s1. The third-order valence-corrected chi connectivity index (χ3v) is 4.77. The highest BCUT2D eigenvalue weighted by molar-refractivity contribution is 7.10. The summed E-state index contributed by atoms with van der Waals surface area (Å²) < 4.78 is 0. The molecule has 0 N–H and O–H groups in total. The van der Waals surface area contributed by atoms with Gasteiger partial charge in [-0.3, -0.25) is 9.78 Å². The summed E-state index contributed by atoms with van der Waals surface area (Å²) in [6, 6.07) is 10.1. The number of hydrogen-bond donors (Lipinski definition) is 0. The molecule has 3 nitrogen and oxygen atoms in total. The van der Waals surface area contributed by atoms with Crippen molar-refractivity contribution in [1.82, 2.24) is 9.88 Å². The van der Waals surface area contributed by atoms with Gasteiger partial charge in [0.05, 0.1) is 6.42 Å². The molecular formula is C18H24N2OS. The van der Waals surface area contributed by atoms with E-state index in [-0.39, 0.29) is 17.4 Å². The van der Waals surface area contributed by atoms with Crippen molar-refractivity contribution in [2.45, 2.75) is 39.7 Å². The van der Waals surface area contributed by atoms with Crippen molar-refractivity contribution < 1.29 is 4.79 Å². The number of nitrogens with zero attached hydrogens (tertiary/aromatic N) is 2. The van der Waals surface area contributed by atoms with Gasteiger partial charge in [-0.2, -0.15) is 0 Å². The molecule has 0 unspecified atom stereocenters. The van der Waals surface area contributed by atoms with Crippen LogP contribution in [0.25, 0.3) is 0 Å². The average Bonchev–Trinajstić information content (AvgIpc) is 2.97. The second-order valence-electron chi connectivity index (χ2n) is 6.67. The van der Waals surface area contributed by atoms with E-state index in [1.54, 1.807) is 11.3 Å². The van der Waals surface area contributed by atoms with E-state index in [9.17, 15) is 4.79 Å².